The molecule has 29 heavy (non-hydrogen) atoms. The molecule has 2 amide bonds. The van der Waals surface area contributed by atoms with E-state index in [1.807, 2.05) is 25.1 Å². The van der Waals surface area contributed by atoms with E-state index in [1.165, 1.54) is 6.08 Å². The Labute approximate surface area is 171 Å². The maximum Gasteiger partial charge on any atom is 0.261 e. The third-order valence-electron chi connectivity index (χ3n) is 4.71. The van der Waals surface area contributed by atoms with Crippen LogP contribution in [-0.4, -0.2) is 34.2 Å². The van der Waals surface area contributed by atoms with E-state index in [9.17, 15) is 19.5 Å². The average Bonchev–Trinajstić information content (AvgIpc) is 2.68. The Morgan fingerprint density at radius 3 is 2.55 bits per heavy atom. The first-order chi connectivity index (χ1) is 13.8. The van der Waals surface area contributed by atoms with E-state index in [-0.39, 0.29) is 16.3 Å². The van der Waals surface area contributed by atoms with Crippen LogP contribution in [-0.2, 0) is 9.59 Å². The first kappa shape index (κ1) is 18.8. The smallest absolute Gasteiger partial charge is 0.261 e. The minimum atomic E-state index is -1.52. The number of aliphatic carboxylic acids is 1. The number of fused-ring (bicyclic) bond motifs is 2. The number of amides is 2. The molecule has 144 valence electrons. The molecule has 1 aliphatic rings. The third kappa shape index (κ3) is 3.39. The van der Waals surface area contributed by atoms with Crippen molar-refractivity contribution in [2.75, 3.05) is 6.54 Å². The number of carboxylic acids is 1. The summed E-state index contributed by atoms with van der Waals surface area (Å²) < 4.78 is 0. The molecule has 0 radical (unpaired) electrons. The van der Waals surface area contributed by atoms with Crippen LogP contribution in [0, 0.1) is 6.92 Å². The molecule has 7 heteroatoms. The van der Waals surface area contributed by atoms with Crippen molar-refractivity contribution < 1.29 is 19.5 Å². The summed E-state index contributed by atoms with van der Waals surface area (Å²) in [6.07, 6.45) is 1.53. The average molecular weight is 406 g/mol. The van der Waals surface area contributed by atoms with E-state index < -0.39 is 24.3 Å². The summed E-state index contributed by atoms with van der Waals surface area (Å²) in [7, 11) is 0. The van der Waals surface area contributed by atoms with Gasteiger partial charge in [0.05, 0.1) is 18.0 Å². The molecule has 3 aromatic rings. The number of nitrogens with zero attached hydrogens (tertiary/aromatic N) is 2. The number of carboxylic acid groups (broad SMARTS) is 1. The van der Waals surface area contributed by atoms with E-state index in [0.29, 0.717) is 16.0 Å². The zero-order chi connectivity index (χ0) is 20.7. The van der Waals surface area contributed by atoms with Gasteiger partial charge in [-0.05, 0) is 42.3 Å². The highest BCUT2D eigenvalue weighted by Crippen LogP contribution is 2.32. The van der Waals surface area contributed by atoms with Crippen molar-refractivity contribution in [1.82, 2.24) is 9.88 Å². The molecule has 4 rings (SSSR count). The zero-order valence-electron chi connectivity index (χ0n) is 15.3. The second kappa shape index (κ2) is 7.14. The Balaban J connectivity index is 1.90. The number of carbonyl (C=O) groups excluding carboxylic acids is 3. The van der Waals surface area contributed by atoms with Crippen molar-refractivity contribution in [3.8, 4) is 0 Å². The largest absolute Gasteiger partial charge is 0.548 e. The second-order valence-corrected chi connectivity index (χ2v) is 7.09. The molecule has 1 aromatic heterocycles. The van der Waals surface area contributed by atoms with E-state index in [4.69, 9.17) is 11.6 Å². The molecule has 0 spiro atoms. The Morgan fingerprint density at radius 2 is 1.83 bits per heavy atom. The molecule has 0 atom stereocenters. The Kier molecular flexibility index (Phi) is 4.64. The molecule has 6 nitrogen and oxygen atoms in total. The molecule has 0 unspecified atom stereocenters. The van der Waals surface area contributed by atoms with Gasteiger partial charge in [-0.1, -0.05) is 41.9 Å². The fourth-order valence-electron chi connectivity index (χ4n) is 3.34. The fourth-order valence-corrected chi connectivity index (χ4v) is 3.54. The maximum absolute atomic E-state index is 12.9. The van der Waals surface area contributed by atoms with Gasteiger partial charge in [0, 0.05) is 22.1 Å². The van der Waals surface area contributed by atoms with Crippen molar-refractivity contribution in [2.45, 2.75) is 6.92 Å². The molecule has 0 bridgehead atoms. The maximum atomic E-state index is 12.9. The molecule has 0 aliphatic carbocycles. The van der Waals surface area contributed by atoms with Crippen molar-refractivity contribution in [3.63, 3.8) is 0 Å². The van der Waals surface area contributed by atoms with Crippen molar-refractivity contribution in [3.05, 3.63) is 75.9 Å². The van der Waals surface area contributed by atoms with Gasteiger partial charge in [-0.2, -0.15) is 0 Å². The first-order valence-corrected chi connectivity index (χ1v) is 9.17. The van der Waals surface area contributed by atoms with Gasteiger partial charge >= 0.3 is 0 Å². The van der Waals surface area contributed by atoms with Gasteiger partial charge in [-0.15, -0.1) is 0 Å². The van der Waals surface area contributed by atoms with Gasteiger partial charge < -0.3 is 9.90 Å². The SMILES string of the molecule is Cc1ccc2cc(/C=C3\C(=O)N(CC(=O)[O-])C(=O)c4ccccc43)c(Cl)nc2c1. The predicted octanol–water partition coefficient (Wildman–Crippen LogP) is 2.47. The number of benzene rings is 2. The highest BCUT2D eigenvalue weighted by Gasteiger charge is 2.34. The van der Waals surface area contributed by atoms with Crippen molar-refractivity contribution >= 4 is 51.9 Å². The van der Waals surface area contributed by atoms with Crippen LogP contribution >= 0.6 is 11.6 Å². The molecule has 0 fully saturated rings. The van der Waals surface area contributed by atoms with Gasteiger partial charge in [0.1, 0.15) is 5.15 Å². The van der Waals surface area contributed by atoms with E-state index >= 15 is 0 Å². The molecule has 0 N–H and O–H groups in total. The van der Waals surface area contributed by atoms with Crippen molar-refractivity contribution in [2.24, 2.45) is 0 Å². The fraction of sp³-hybridized carbons (Fsp3) is 0.0909. The van der Waals surface area contributed by atoms with Gasteiger partial charge in [0.2, 0.25) is 0 Å². The number of rotatable bonds is 3. The predicted molar refractivity (Wildman–Crippen MR) is 107 cm³/mol. The van der Waals surface area contributed by atoms with Crippen molar-refractivity contribution in [1.29, 1.82) is 0 Å². The van der Waals surface area contributed by atoms with Crippen LogP contribution in [0.5, 0.6) is 0 Å². The second-order valence-electron chi connectivity index (χ2n) is 6.74. The summed E-state index contributed by atoms with van der Waals surface area (Å²) in [5.41, 5.74) is 3.07. The Bertz CT molecular complexity index is 1230. The monoisotopic (exact) mass is 405 g/mol. The highest BCUT2D eigenvalue weighted by atomic mass is 35.5. The van der Waals surface area contributed by atoms with Crippen LogP contribution in [0.4, 0.5) is 0 Å². The van der Waals surface area contributed by atoms with E-state index in [2.05, 4.69) is 4.98 Å². The number of halogens is 1. The summed E-state index contributed by atoms with van der Waals surface area (Å²) >= 11 is 6.35. The standard InChI is InChI=1S/C22H15ClN2O4/c1-12-6-7-13-9-14(20(23)24-18(13)8-12)10-17-15-4-2-3-5-16(15)21(28)25(22(17)29)11-19(26)27/h2-10H,11H2,1H3,(H,26,27)/p-1/b17-10-. The summed E-state index contributed by atoms with van der Waals surface area (Å²) in [4.78, 5) is 41.6. The van der Waals surface area contributed by atoms with E-state index in [0.717, 1.165) is 16.5 Å². The number of hydrogen-bond donors (Lipinski definition) is 0. The molecule has 0 saturated carbocycles. The lowest BCUT2D eigenvalue weighted by molar-refractivity contribution is -0.305. The Morgan fingerprint density at radius 1 is 1.10 bits per heavy atom. The quantitative estimate of drug-likeness (QED) is 0.379. The lowest BCUT2D eigenvalue weighted by atomic mass is 9.92. The van der Waals surface area contributed by atoms with Gasteiger partial charge in [-0.3, -0.25) is 14.5 Å². The van der Waals surface area contributed by atoms with Crippen LogP contribution in [0.15, 0.2) is 48.5 Å². The molecule has 2 heterocycles. The lowest BCUT2D eigenvalue weighted by Crippen LogP contribution is -2.47. The number of pyridine rings is 1. The number of imide groups is 1. The minimum Gasteiger partial charge on any atom is -0.548 e. The number of aromatic nitrogens is 1. The van der Waals surface area contributed by atoms with Crippen LogP contribution in [0.1, 0.15) is 27.0 Å². The zero-order valence-corrected chi connectivity index (χ0v) is 16.1. The van der Waals surface area contributed by atoms with Gasteiger partial charge in [0.25, 0.3) is 11.8 Å². The van der Waals surface area contributed by atoms with Crippen LogP contribution < -0.4 is 5.11 Å². The van der Waals surface area contributed by atoms with E-state index in [1.54, 1.807) is 30.3 Å². The summed E-state index contributed by atoms with van der Waals surface area (Å²) in [6, 6.07) is 14.1. The summed E-state index contributed by atoms with van der Waals surface area (Å²) in [5.74, 6) is -2.92. The molecular weight excluding hydrogens is 392 g/mol. The molecule has 0 saturated heterocycles. The molecule has 1 aliphatic heterocycles. The number of hydrogen-bond acceptors (Lipinski definition) is 5. The molecular formula is C22H14ClN2O4-. The number of aryl methyl sites for hydroxylation is 1. The lowest BCUT2D eigenvalue weighted by Gasteiger charge is -2.28. The summed E-state index contributed by atoms with van der Waals surface area (Å²) in [6.45, 7) is 1.12. The highest BCUT2D eigenvalue weighted by molar-refractivity contribution is 6.36. The molecule has 2 aromatic carbocycles. The Hall–Kier alpha value is -3.51. The number of carbonyl (C=O) groups is 3. The van der Waals surface area contributed by atoms with Crippen LogP contribution in [0.25, 0.3) is 22.6 Å². The van der Waals surface area contributed by atoms with Crippen LogP contribution in [0.3, 0.4) is 0 Å². The normalized spacial score (nSPS) is 15.1. The van der Waals surface area contributed by atoms with Gasteiger partial charge in [-0.25, -0.2) is 4.98 Å². The van der Waals surface area contributed by atoms with Crippen LogP contribution in [0.2, 0.25) is 5.15 Å². The summed E-state index contributed by atoms with van der Waals surface area (Å²) in [5, 5.41) is 12.1. The topological polar surface area (TPSA) is 90.4 Å². The first-order valence-electron chi connectivity index (χ1n) is 8.79. The third-order valence-corrected chi connectivity index (χ3v) is 5.01. The minimum absolute atomic E-state index is 0.164. The van der Waals surface area contributed by atoms with Gasteiger partial charge in [0.15, 0.2) is 0 Å².